The molecule has 4 rings (SSSR count). The van der Waals surface area contributed by atoms with Crippen LogP contribution in [0.4, 0.5) is 5.69 Å². The molecule has 0 aromatic heterocycles. The molecule has 0 saturated heterocycles. The number of rotatable bonds is 5. The average Bonchev–Trinajstić information content (AvgIpc) is 3.05. The summed E-state index contributed by atoms with van der Waals surface area (Å²) in [5.41, 5.74) is 1.07. The van der Waals surface area contributed by atoms with Crippen LogP contribution in [-0.2, 0) is 9.59 Å². The second-order valence-corrected chi connectivity index (χ2v) is 7.33. The summed E-state index contributed by atoms with van der Waals surface area (Å²) in [5.74, 6) is 0.918. The number of amides is 2. The summed E-state index contributed by atoms with van der Waals surface area (Å²) in [4.78, 5) is 39.3. The molecule has 1 atom stereocenters. The van der Waals surface area contributed by atoms with E-state index in [1.165, 1.54) is 11.9 Å². The van der Waals surface area contributed by atoms with Crippen LogP contribution in [0.15, 0.2) is 42.5 Å². The van der Waals surface area contributed by atoms with Crippen molar-refractivity contribution < 1.29 is 28.6 Å². The maximum Gasteiger partial charge on any atom is 0.262 e. The van der Waals surface area contributed by atoms with Crippen molar-refractivity contribution in [3.05, 3.63) is 48.0 Å². The number of para-hydroxylation sites is 2. The van der Waals surface area contributed by atoms with Crippen LogP contribution >= 0.6 is 0 Å². The minimum absolute atomic E-state index is 0.0159. The van der Waals surface area contributed by atoms with E-state index in [-0.39, 0.29) is 37.0 Å². The van der Waals surface area contributed by atoms with Gasteiger partial charge in [0.2, 0.25) is 5.91 Å². The summed E-state index contributed by atoms with van der Waals surface area (Å²) in [5, 5.41) is 2.55. The van der Waals surface area contributed by atoms with E-state index in [4.69, 9.17) is 14.2 Å². The maximum absolute atomic E-state index is 13.0. The molecule has 162 valence electrons. The molecule has 8 nitrogen and oxygen atoms in total. The molecule has 0 aliphatic carbocycles. The van der Waals surface area contributed by atoms with E-state index in [2.05, 4.69) is 5.32 Å². The third-order valence-electron chi connectivity index (χ3n) is 5.25. The van der Waals surface area contributed by atoms with E-state index in [9.17, 15) is 14.4 Å². The van der Waals surface area contributed by atoms with Gasteiger partial charge in [-0.05, 0) is 30.3 Å². The Labute approximate surface area is 180 Å². The van der Waals surface area contributed by atoms with Gasteiger partial charge in [-0.2, -0.15) is 0 Å². The minimum atomic E-state index is -0.804. The van der Waals surface area contributed by atoms with Crippen molar-refractivity contribution in [1.29, 1.82) is 0 Å². The molecule has 8 heteroatoms. The SMILES string of the molecule is CNC(=O)[C@H]1CN(C(=O)CCC(=O)c2ccc3c(c2)OCCCO3)c2ccccc2O1. The maximum atomic E-state index is 13.0. The zero-order valence-corrected chi connectivity index (χ0v) is 17.3. The largest absolute Gasteiger partial charge is 0.490 e. The average molecular weight is 424 g/mol. The molecule has 2 aromatic carbocycles. The quantitative estimate of drug-likeness (QED) is 0.741. The lowest BCUT2D eigenvalue weighted by Crippen LogP contribution is -2.50. The highest BCUT2D eigenvalue weighted by atomic mass is 16.5. The number of benzene rings is 2. The Morgan fingerprint density at radius 3 is 2.58 bits per heavy atom. The second kappa shape index (κ2) is 9.07. The Kier molecular flexibility index (Phi) is 6.06. The van der Waals surface area contributed by atoms with Crippen molar-refractivity contribution in [2.75, 3.05) is 31.7 Å². The lowest BCUT2D eigenvalue weighted by Gasteiger charge is -2.34. The first-order valence-corrected chi connectivity index (χ1v) is 10.3. The predicted molar refractivity (Wildman–Crippen MR) is 113 cm³/mol. The van der Waals surface area contributed by atoms with Crippen molar-refractivity contribution >= 4 is 23.3 Å². The number of carbonyl (C=O) groups excluding carboxylic acids is 3. The Morgan fingerprint density at radius 1 is 1.00 bits per heavy atom. The third kappa shape index (κ3) is 4.47. The summed E-state index contributed by atoms with van der Waals surface area (Å²) >= 11 is 0. The monoisotopic (exact) mass is 424 g/mol. The fraction of sp³-hybridized carbons (Fsp3) is 0.348. The number of ether oxygens (including phenoxy) is 3. The Morgan fingerprint density at radius 2 is 1.77 bits per heavy atom. The molecule has 0 saturated carbocycles. The van der Waals surface area contributed by atoms with Crippen LogP contribution in [0.3, 0.4) is 0 Å². The van der Waals surface area contributed by atoms with Crippen molar-refractivity contribution in [3.8, 4) is 17.2 Å². The van der Waals surface area contributed by atoms with Crippen LogP contribution < -0.4 is 24.4 Å². The zero-order chi connectivity index (χ0) is 21.8. The molecule has 0 bridgehead atoms. The molecular formula is C23H24N2O6. The van der Waals surface area contributed by atoms with E-state index in [1.807, 2.05) is 0 Å². The fourth-order valence-electron chi connectivity index (χ4n) is 3.60. The van der Waals surface area contributed by atoms with Crippen molar-refractivity contribution in [2.45, 2.75) is 25.4 Å². The number of hydrogen-bond acceptors (Lipinski definition) is 6. The number of fused-ring (bicyclic) bond motifs is 2. The normalized spacial score (nSPS) is 17.1. The highest BCUT2D eigenvalue weighted by Crippen LogP contribution is 2.34. The molecule has 2 amide bonds. The Bertz CT molecular complexity index is 1010. The molecule has 0 fully saturated rings. The van der Waals surface area contributed by atoms with Crippen molar-refractivity contribution in [1.82, 2.24) is 5.32 Å². The van der Waals surface area contributed by atoms with Gasteiger partial charge in [0, 0.05) is 31.9 Å². The van der Waals surface area contributed by atoms with Gasteiger partial charge in [-0.25, -0.2) is 0 Å². The number of carbonyl (C=O) groups is 3. The number of nitrogens with one attached hydrogen (secondary N) is 1. The standard InChI is InChI=1S/C23H24N2O6/c1-24-23(28)21-14-25(16-5-2-3-6-18(16)31-21)22(27)10-8-17(26)15-7-9-19-20(13-15)30-12-4-11-29-19/h2-3,5-7,9,13,21H,4,8,10-12,14H2,1H3,(H,24,28)/t21-/m1/s1. The number of nitrogens with zero attached hydrogens (tertiary/aromatic N) is 1. The van der Waals surface area contributed by atoms with Gasteiger partial charge in [-0.3, -0.25) is 14.4 Å². The molecule has 0 spiro atoms. The second-order valence-electron chi connectivity index (χ2n) is 7.33. The van der Waals surface area contributed by atoms with Gasteiger partial charge in [0.1, 0.15) is 5.75 Å². The molecule has 0 unspecified atom stereocenters. The van der Waals surface area contributed by atoms with Gasteiger partial charge in [0.05, 0.1) is 25.4 Å². The van der Waals surface area contributed by atoms with Gasteiger partial charge in [0.15, 0.2) is 23.4 Å². The highest BCUT2D eigenvalue weighted by Gasteiger charge is 2.33. The number of Topliss-reactive ketones (excluding diaryl/α,β-unsaturated/α-hetero) is 1. The fourth-order valence-corrected chi connectivity index (χ4v) is 3.60. The van der Waals surface area contributed by atoms with Gasteiger partial charge < -0.3 is 24.4 Å². The smallest absolute Gasteiger partial charge is 0.262 e. The number of anilines is 1. The van der Waals surface area contributed by atoms with E-state index < -0.39 is 6.10 Å². The molecule has 2 aliphatic heterocycles. The molecule has 1 N–H and O–H groups in total. The van der Waals surface area contributed by atoms with Crippen molar-refractivity contribution in [2.24, 2.45) is 0 Å². The lowest BCUT2D eigenvalue weighted by atomic mass is 10.0. The minimum Gasteiger partial charge on any atom is -0.490 e. The van der Waals surface area contributed by atoms with E-state index >= 15 is 0 Å². The first kappa shape index (κ1) is 20.7. The van der Waals surface area contributed by atoms with Gasteiger partial charge >= 0.3 is 0 Å². The molecular weight excluding hydrogens is 400 g/mol. The van der Waals surface area contributed by atoms with E-state index in [0.717, 1.165) is 6.42 Å². The summed E-state index contributed by atoms with van der Waals surface area (Å²) in [6.07, 6.45) is 0.0381. The van der Waals surface area contributed by atoms with Crippen LogP contribution in [0.1, 0.15) is 29.6 Å². The first-order valence-electron chi connectivity index (χ1n) is 10.3. The number of ketones is 1. The summed E-state index contributed by atoms with van der Waals surface area (Å²) in [7, 11) is 1.52. The molecule has 31 heavy (non-hydrogen) atoms. The Balaban J connectivity index is 1.45. The third-order valence-corrected chi connectivity index (χ3v) is 5.25. The molecule has 0 radical (unpaired) electrons. The number of likely N-dealkylation sites (N-methyl/N-ethyl adjacent to an activating group) is 1. The van der Waals surface area contributed by atoms with Crippen LogP contribution in [-0.4, -0.2) is 50.5 Å². The number of hydrogen-bond donors (Lipinski definition) is 1. The van der Waals surface area contributed by atoms with Gasteiger partial charge in [-0.15, -0.1) is 0 Å². The predicted octanol–water partition coefficient (Wildman–Crippen LogP) is 2.35. The van der Waals surface area contributed by atoms with Crippen LogP contribution in [0.25, 0.3) is 0 Å². The zero-order valence-electron chi connectivity index (χ0n) is 17.3. The summed E-state index contributed by atoms with van der Waals surface area (Å²) in [6.45, 7) is 1.20. The first-order chi connectivity index (χ1) is 15.1. The van der Waals surface area contributed by atoms with Gasteiger partial charge in [0.25, 0.3) is 5.91 Å². The van der Waals surface area contributed by atoms with Crippen LogP contribution in [0.5, 0.6) is 17.2 Å². The van der Waals surface area contributed by atoms with Crippen LogP contribution in [0, 0.1) is 0 Å². The van der Waals surface area contributed by atoms with Crippen molar-refractivity contribution in [3.63, 3.8) is 0 Å². The summed E-state index contributed by atoms with van der Waals surface area (Å²) in [6, 6.07) is 12.1. The lowest BCUT2D eigenvalue weighted by molar-refractivity contribution is -0.127. The van der Waals surface area contributed by atoms with Crippen LogP contribution in [0.2, 0.25) is 0 Å². The topological polar surface area (TPSA) is 94.2 Å². The highest BCUT2D eigenvalue weighted by molar-refractivity contribution is 6.02. The Hall–Kier alpha value is -3.55. The summed E-state index contributed by atoms with van der Waals surface area (Å²) < 4.78 is 17.0. The molecule has 2 heterocycles. The molecule has 2 aliphatic rings. The molecule has 2 aromatic rings. The van der Waals surface area contributed by atoms with E-state index in [1.54, 1.807) is 42.5 Å². The van der Waals surface area contributed by atoms with E-state index in [0.29, 0.717) is 41.7 Å². The van der Waals surface area contributed by atoms with Gasteiger partial charge in [-0.1, -0.05) is 12.1 Å².